The first-order chi connectivity index (χ1) is 11.2. The first kappa shape index (κ1) is 17.6. The van der Waals surface area contributed by atoms with Crippen molar-refractivity contribution >= 4 is 11.6 Å². The van der Waals surface area contributed by atoms with E-state index in [9.17, 15) is 10.2 Å². The summed E-state index contributed by atoms with van der Waals surface area (Å²) in [6.07, 6.45) is -2.09. The highest BCUT2D eigenvalue weighted by molar-refractivity contribution is 6.18. The van der Waals surface area contributed by atoms with Crippen molar-refractivity contribution in [3.8, 4) is 11.5 Å². The van der Waals surface area contributed by atoms with E-state index >= 15 is 0 Å². The molecule has 0 saturated heterocycles. The minimum absolute atomic E-state index is 0.0443. The Hall–Kier alpha value is -1.75. The second kappa shape index (κ2) is 8.77. The number of halogens is 1. The molecule has 2 atom stereocenters. The number of hydrogen-bond acceptors (Lipinski definition) is 4. The highest BCUT2D eigenvalue weighted by Crippen LogP contribution is 2.32. The summed E-state index contributed by atoms with van der Waals surface area (Å²) in [5, 5.41) is 19.7. The molecule has 0 spiro atoms. The largest absolute Gasteiger partial charge is 0.490 e. The summed E-state index contributed by atoms with van der Waals surface area (Å²) in [5.74, 6) is 1.07. The molecule has 124 valence electrons. The van der Waals surface area contributed by atoms with Crippen LogP contribution in [0.15, 0.2) is 48.5 Å². The number of aliphatic hydroxyl groups excluding tert-OH is 2. The van der Waals surface area contributed by atoms with Gasteiger partial charge in [0.25, 0.3) is 0 Å². The van der Waals surface area contributed by atoms with Crippen LogP contribution in [-0.4, -0.2) is 28.8 Å². The lowest BCUT2D eigenvalue weighted by atomic mass is 10.0. The van der Waals surface area contributed by atoms with Crippen molar-refractivity contribution in [3.05, 3.63) is 59.7 Å². The first-order valence-electron chi connectivity index (χ1n) is 7.51. The standard InChI is InChI=1S/C18H21ClO4/c1-2-22-17-10-14(18(21)15(20)11-19)8-9-16(17)23-12-13-6-4-3-5-7-13/h3-10,15,18,20-21H,2,11-12H2,1H3. The average Bonchev–Trinajstić information content (AvgIpc) is 2.60. The molecule has 23 heavy (non-hydrogen) atoms. The Balaban J connectivity index is 2.15. The SMILES string of the molecule is CCOc1cc(C(O)C(O)CCl)ccc1OCc1ccccc1. The average molecular weight is 337 g/mol. The van der Waals surface area contributed by atoms with Crippen molar-refractivity contribution in [3.63, 3.8) is 0 Å². The number of aliphatic hydroxyl groups is 2. The molecule has 0 aliphatic heterocycles. The van der Waals surface area contributed by atoms with Crippen molar-refractivity contribution in [2.45, 2.75) is 25.7 Å². The van der Waals surface area contributed by atoms with E-state index in [-0.39, 0.29) is 5.88 Å². The summed E-state index contributed by atoms with van der Waals surface area (Å²) in [7, 11) is 0. The smallest absolute Gasteiger partial charge is 0.161 e. The summed E-state index contributed by atoms with van der Waals surface area (Å²) < 4.78 is 11.4. The molecule has 0 radical (unpaired) electrons. The lowest BCUT2D eigenvalue weighted by molar-refractivity contribution is 0.0325. The zero-order valence-corrected chi connectivity index (χ0v) is 13.7. The van der Waals surface area contributed by atoms with Crippen molar-refractivity contribution in [1.82, 2.24) is 0 Å². The molecule has 5 heteroatoms. The van der Waals surface area contributed by atoms with E-state index in [1.165, 1.54) is 0 Å². The summed E-state index contributed by atoms with van der Waals surface area (Å²) in [5.41, 5.74) is 1.59. The molecule has 0 heterocycles. The van der Waals surface area contributed by atoms with E-state index in [0.717, 1.165) is 5.56 Å². The van der Waals surface area contributed by atoms with Crippen molar-refractivity contribution < 1.29 is 19.7 Å². The molecule has 0 amide bonds. The zero-order valence-electron chi connectivity index (χ0n) is 13.0. The minimum Gasteiger partial charge on any atom is -0.490 e. The Kier molecular flexibility index (Phi) is 6.71. The van der Waals surface area contributed by atoms with Crippen LogP contribution in [0.1, 0.15) is 24.2 Å². The number of ether oxygens (including phenoxy) is 2. The van der Waals surface area contributed by atoms with Gasteiger partial charge in [-0.05, 0) is 30.2 Å². The van der Waals surface area contributed by atoms with Crippen LogP contribution >= 0.6 is 11.6 Å². The quantitative estimate of drug-likeness (QED) is 0.726. The molecule has 2 rings (SSSR count). The van der Waals surface area contributed by atoms with Gasteiger partial charge in [-0.3, -0.25) is 0 Å². The van der Waals surface area contributed by atoms with Crippen LogP contribution in [0.5, 0.6) is 11.5 Å². The monoisotopic (exact) mass is 336 g/mol. The van der Waals surface area contributed by atoms with Crippen LogP contribution < -0.4 is 9.47 Å². The predicted octanol–water partition coefficient (Wildman–Crippen LogP) is 3.30. The van der Waals surface area contributed by atoms with E-state index in [1.807, 2.05) is 37.3 Å². The van der Waals surface area contributed by atoms with E-state index in [1.54, 1.807) is 18.2 Å². The van der Waals surface area contributed by atoms with Gasteiger partial charge in [0, 0.05) is 0 Å². The highest BCUT2D eigenvalue weighted by Gasteiger charge is 2.19. The molecule has 0 aromatic heterocycles. The van der Waals surface area contributed by atoms with Gasteiger partial charge in [-0.1, -0.05) is 36.4 Å². The lowest BCUT2D eigenvalue weighted by Crippen LogP contribution is -2.19. The predicted molar refractivity (Wildman–Crippen MR) is 90.1 cm³/mol. The summed E-state index contributed by atoms with van der Waals surface area (Å²) in [6.45, 7) is 2.77. The Bertz CT molecular complexity index is 603. The van der Waals surface area contributed by atoms with Gasteiger partial charge in [-0.15, -0.1) is 11.6 Å². The Morgan fingerprint density at radius 3 is 2.39 bits per heavy atom. The van der Waals surface area contributed by atoms with Crippen LogP contribution in [-0.2, 0) is 6.61 Å². The Morgan fingerprint density at radius 1 is 1.00 bits per heavy atom. The molecule has 2 aromatic carbocycles. The van der Waals surface area contributed by atoms with Gasteiger partial charge in [0.1, 0.15) is 12.7 Å². The second-order valence-electron chi connectivity index (χ2n) is 5.08. The van der Waals surface area contributed by atoms with Crippen LogP contribution in [0, 0.1) is 0 Å². The van der Waals surface area contributed by atoms with E-state index < -0.39 is 12.2 Å². The van der Waals surface area contributed by atoms with Crippen LogP contribution in [0.2, 0.25) is 0 Å². The topological polar surface area (TPSA) is 58.9 Å². The molecule has 0 aliphatic rings. The Labute approximate surface area is 141 Å². The summed E-state index contributed by atoms with van der Waals surface area (Å²) >= 11 is 5.58. The fourth-order valence-electron chi connectivity index (χ4n) is 2.14. The number of hydrogen-bond donors (Lipinski definition) is 2. The maximum Gasteiger partial charge on any atom is 0.161 e. The third-order valence-corrected chi connectivity index (χ3v) is 3.69. The van der Waals surface area contributed by atoms with Gasteiger partial charge in [-0.2, -0.15) is 0 Å². The highest BCUT2D eigenvalue weighted by atomic mass is 35.5. The van der Waals surface area contributed by atoms with E-state index in [2.05, 4.69) is 0 Å². The van der Waals surface area contributed by atoms with E-state index in [4.69, 9.17) is 21.1 Å². The molecular formula is C18H21ClO4. The fraction of sp³-hybridized carbons (Fsp3) is 0.333. The Morgan fingerprint density at radius 2 is 1.74 bits per heavy atom. The number of rotatable bonds is 8. The molecular weight excluding hydrogens is 316 g/mol. The zero-order chi connectivity index (χ0) is 16.7. The summed E-state index contributed by atoms with van der Waals surface area (Å²) in [6, 6.07) is 14.9. The maximum atomic E-state index is 10.0. The van der Waals surface area contributed by atoms with Gasteiger partial charge in [0.2, 0.25) is 0 Å². The first-order valence-corrected chi connectivity index (χ1v) is 8.04. The molecule has 4 nitrogen and oxygen atoms in total. The van der Waals surface area contributed by atoms with Crippen molar-refractivity contribution in [1.29, 1.82) is 0 Å². The van der Waals surface area contributed by atoms with Crippen molar-refractivity contribution in [2.75, 3.05) is 12.5 Å². The second-order valence-corrected chi connectivity index (χ2v) is 5.39. The van der Waals surface area contributed by atoms with Crippen LogP contribution in [0.3, 0.4) is 0 Å². The molecule has 0 aliphatic carbocycles. The van der Waals surface area contributed by atoms with Gasteiger partial charge < -0.3 is 19.7 Å². The molecule has 2 N–H and O–H groups in total. The molecule has 2 aromatic rings. The van der Waals surface area contributed by atoms with Gasteiger partial charge in [0.15, 0.2) is 11.5 Å². The van der Waals surface area contributed by atoms with Crippen LogP contribution in [0.4, 0.5) is 0 Å². The molecule has 2 unspecified atom stereocenters. The lowest BCUT2D eigenvalue weighted by Gasteiger charge is -2.18. The molecule has 0 fully saturated rings. The summed E-state index contributed by atoms with van der Waals surface area (Å²) in [4.78, 5) is 0. The fourth-order valence-corrected chi connectivity index (χ4v) is 2.31. The third-order valence-electron chi connectivity index (χ3n) is 3.37. The van der Waals surface area contributed by atoms with Gasteiger partial charge >= 0.3 is 0 Å². The molecule has 0 bridgehead atoms. The maximum absolute atomic E-state index is 10.0. The van der Waals surface area contributed by atoms with Gasteiger partial charge in [-0.25, -0.2) is 0 Å². The molecule has 0 saturated carbocycles. The third kappa shape index (κ3) is 4.86. The van der Waals surface area contributed by atoms with Crippen molar-refractivity contribution in [2.24, 2.45) is 0 Å². The number of benzene rings is 2. The van der Waals surface area contributed by atoms with Crippen LogP contribution in [0.25, 0.3) is 0 Å². The van der Waals surface area contributed by atoms with E-state index in [0.29, 0.717) is 30.3 Å². The number of alkyl halides is 1. The van der Waals surface area contributed by atoms with Gasteiger partial charge in [0.05, 0.1) is 18.6 Å². The normalized spacial score (nSPS) is 13.4. The minimum atomic E-state index is -1.06.